The van der Waals surface area contributed by atoms with Crippen molar-refractivity contribution in [3.63, 3.8) is 0 Å². The smallest absolute Gasteiger partial charge is 0.207 e. The van der Waals surface area contributed by atoms with E-state index in [1.807, 2.05) is 19.9 Å². The molecule has 7 heteroatoms. The number of aryl methyl sites for hydroxylation is 1. The van der Waals surface area contributed by atoms with E-state index >= 15 is 0 Å². The Balaban J connectivity index is 2.24. The van der Waals surface area contributed by atoms with Crippen LogP contribution in [0, 0.1) is 13.8 Å². The van der Waals surface area contributed by atoms with Gasteiger partial charge >= 0.3 is 6.18 Å². The van der Waals surface area contributed by atoms with Crippen molar-refractivity contribution in [2.45, 2.75) is 31.5 Å². The van der Waals surface area contributed by atoms with Crippen LogP contribution in [0.25, 0.3) is 0 Å². The number of alkyl halides is 3. The van der Waals surface area contributed by atoms with E-state index in [1.165, 1.54) is 0 Å². The molecule has 0 spiro atoms. The first kappa shape index (κ1) is 17.5. The van der Waals surface area contributed by atoms with Gasteiger partial charge in [0.1, 0.15) is 0 Å². The topological polar surface area (TPSA) is 46.2 Å². The Morgan fingerprint density at radius 1 is 1.04 bits per heavy atom. The zero-order valence-corrected chi connectivity index (χ0v) is 13.4. The van der Waals surface area contributed by atoms with Crippen LogP contribution in [0.3, 0.4) is 0 Å². The number of benzene rings is 2. The van der Waals surface area contributed by atoms with E-state index in [4.69, 9.17) is 0 Å². The molecule has 0 aliphatic carbocycles. The fraction of sp³-hybridized carbons (Fsp3) is 0.250. The first-order valence-corrected chi connectivity index (χ1v) is 8.31. The van der Waals surface area contributed by atoms with Crippen LogP contribution in [0.2, 0.25) is 0 Å². The minimum atomic E-state index is -4.58. The average Bonchev–Trinajstić information content (AvgIpc) is 2.48. The van der Waals surface area contributed by atoms with Crippen LogP contribution >= 0.6 is 0 Å². The van der Waals surface area contributed by atoms with E-state index in [9.17, 15) is 21.6 Å². The van der Waals surface area contributed by atoms with Gasteiger partial charge in [-0.2, -0.15) is 13.2 Å². The third kappa shape index (κ3) is 4.11. The van der Waals surface area contributed by atoms with Crippen molar-refractivity contribution in [1.29, 1.82) is 0 Å². The van der Waals surface area contributed by atoms with Crippen molar-refractivity contribution < 1.29 is 21.6 Å². The highest BCUT2D eigenvalue weighted by Crippen LogP contribution is 2.30. The maximum Gasteiger partial charge on any atom is 0.416 e. The van der Waals surface area contributed by atoms with Crippen molar-refractivity contribution in [1.82, 2.24) is 4.72 Å². The molecule has 0 saturated carbocycles. The van der Waals surface area contributed by atoms with Gasteiger partial charge in [-0.25, -0.2) is 13.1 Å². The zero-order valence-electron chi connectivity index (χ0n) is 12.6. The maximum atomic E-state index is 12.7. The van der Waals surface area contributed by atoms with Crippen LogP contribution in [0.4, 0.5) is 13.2 Å². The molecule has 0 saturated heterocycles. The monoisotopic (exact) mass is 343 g/mol. The van der Waals surface area contributed by atoms with E-state index in [1.54, 1.807) is 12.1 Å². The van der Waals surface area contributed by atoms with Crippen LogP contribution in [-0.2, 0) is 22.7 Å². The molecular weight excluding hydrogens is 327 g/mol. The van der Waals surface area contributed by atoms with E-state index in [0.717, 1.165) is 34.9 Å². The van der Waals surface area contributed by atoms with Crippen molar-refractivity contribution in [3.05, 3.63) is 64.7 Å². The molecule has 0 atom stereocenters. The molecule has 0 radical (unpaired) electrons. The predicted octanol–water partition coefficient (Wildman–Crippen LogP) is 3.80. The van der Waals surface area contributed by atoms with Gasteiger partial charge in [-0.1, -0.05) is 24.3 Å². The molecule has 0 unspecified atom stereocenters. The molecule has 0 aliphatic heterocycles. The summed E-state index contributed by atoms with van der Waals surface area (Å²) in [6.45, 7) is 3.79. The summed E-state index contributed by atoms with van der Waals surface area (Å²) >= 11 is 0. The number of hydrogen-bond acceptors (Lipinski definition) is 2. The Labute approximate surface area is 133 Å². The first-order chi connectivity index (χ1) is 10.6. The highest BCUT2D eigenvalue weighted by Gasteiger charge is 2.31. The summed E-state index contributed by atoms with van der Waals surface area (Å²) < 4.78 is 64.8. The molecule has 0 aliphatic rings. The van der Waals surface area contributed by atoms with E-state index in [-0.39, 0.29) is 6.54 Å². The Hall–Kier alpha value is -1.86. The fourth-order valence-corrected chi connectivity index (χ4v) is 3.15. The molecular formula is C16H16F3NO2S. The van der Waals surface area contributed by atoms with Gasteiger partial charge in [-0.15, -0.1) is 0 Å². The molecule has 23 heavy (non-hydrogen) atoms. The molecule has 1 N–H and O–H groups in total. The van der Waals surface area contributed by atoms with Gasteiger partial charge in [-0.05, 0) is 48.7 Å². The second-order valence-corrected chi connectivity index (χ2v) is 6.98. The van der Waals surface area contributed by atoms with Crippen molar-refractivity contribution in [2.75, 3.05) is 0 Å². The minimum absolute atomic E-state index is 0.0199. The third-order valence-corrected chi connectivity index (χ3v) is 5.04. The number of rotatable bonds is 4. The second kappa shape index (κ2) is 6.33. The highest BCUT2D eigenvalue weighted by molar-refractivity contribution is 7.89. The Morgan fingerprint density at radius 3 is 2.35 bits per heavy atom. The Bertz CT molecular complexity index is 814. The molecule has 0 fully saturated rings. The van der Waals surface area contributed by atoms with E-state index in [2.05, 4.69) is 4.72 Å². The summed E-state index contributed by atoms with van der Waals surface area (Å²) in [6, 6.07) is 9.17. The minimum Gasteiger partial charge on any atom is -0.207 e. The van der Waals surface area contributed by atoms with Gasteiger partial charge in [0.15, 0.2) is 0 Å². The lowest BCUT2D eigenvalue weighted by atomic mass is 10.0. The number of sulfonamides is 1. The molecule has 2 aromatic carbocycles. The SMILES string of the molecule is Cc1cccc(CNS(=O)(=O)c2cccc(C(F)(F)F)c2)c1C. The summed E-state index contributed by atoms with van der Waals surface area (Å²) in [6.07, 6.45) is -4.58. The van der Waals surface area contributed by atoms with Crippen LogP contribution < -0.4 is 4.72 Å². The van der Waals surface area contributed by atoms with Gasteiger partial charge in [0.05, 0.1) is 10.5 Å². The van der Waals surface area contributed by atoms with Crippen LogP contribution in [0.5, 0.6) is 0 Å². The van der Waals surface area contributed by atoms with E-state index < -0.39 is 26.7 Å². The zero-order chi connectivity index (χ0) is 17.3. The lowest BCUT2D eigenvalue weighted by Gasteiger charge is -2.12. The molecule has 2 rings (SSSR count). The van der Waals surface area contributed by atoms with Gasteiger partial charge in [0.25, 0.3) is 0 Å². The normalized spacial score (nSPS) is 12.4. The van der Waals surface area contributed by atoms with E-state index in [0.29, 0.717) is 6.07 Å². The maximum absolute atomic E-state index is 12.7. The molecule has 124 valence electrons. The first-order valence-electron chi connectivity index (χ1n) is 6.83. The fourth-order valence-electron chi connectivity index (χ4n) is 2.10. The molecule has 3 nitrogen and oxygen atoms in total. The van der Waals surface area contributed by atoms with Crippen molar-refractivity contribution >= 4 is 10.0 Å². The number of hydrogen-bond donors (Lipinski definition) is 1. The van der Waals surface area contributed by atoms with Crippen molar-refractivity contribution in [3.8, 4) is 0 Å². The predicted molar refractivity (Wildman–Crippen MR) is 81.4 cm³/mol. The van der Waals surface area contributed by atoms with Crippen molar-refractivity contribution in [2.24, 2.45) is 0 Å². The summed E-state index contributed by atoms with van der Waals surface area (Å²) in [7, 11) is -4.02. The average molecular weight is 343 g/mol. The summed E-state index contributed by atoms with van der Waals surface area (Å²) in [5, 5.41) is 0. The molecule has 2 aromatic rings. The van der Waals surface area contributed by atoms with Crippen LogP contribution in [-0.4, -0.2) is 8.42 Å². The van der Waals surface area contributed by atoms with Gasteiger partial charge in [0, 0.05) is 6.54 Å². The lowest BCUT2D eigenvalue weighted by Crippen LogP contribution is -2.24. The molecule has 0 aromatic heterocycles. The molecule has 0 bridgehead atoms. The number of nitrogens with one attached hydrogen (secondary N) is 1. The Kier molecular flexibility index (Phi) is 4.81. The third-order valence-electron chi connectivity index (χ3n) is 3.64. The van der Waals surface area contributed by atoms with Gasteiger partial charge < -0.3 is 0 Å². The highest BCUT2D eigenvalue weighted by atomic mass is 32.2. The second-order valence-electron chi connectivity index (χ2n) is 5.21. The summed E-state index contributed by atoms with van der Waals surface area (Å²) in [4.78, 5) is -0.405. The summed E-state index contributed by atoms with van der Waals surface area (Å²) in [5.74, 6) is 0. The standard InChI is InChI=1S/C16H16F3NO2S/c1-11-5-3-6-13(12(11)2)10-20-23(21,22)15-8-4-7-14(9-15)16(17,18)19/h3-9,20H,10H2,1-2H3. The molecule has 0 amide bonds. The quantitative estimate of drug-likeness (QED) is 0.918. The van der Waals surface area contributed by atoms with Gasteiger partial charge in [0.2, 0.25) is 10.0 Å². The molecule has 0 heterocycles. The lowest BCUT2D eigenvalue weighted by molar-refractivity contribution is -0.137. The van der Waals surface area contributed by atoms with Crippen LogP contribution in [0.1, 0.15) is 22.3 Å². The van der Waals surface area contributed by atoms with Gasteiger partial charge in [-0.3, -0.25) is 0 Å². The number of halogens is 3. The summed E-state index contributed by atoms with van der Waals surface area (Å²) in [5.41, 5.74) is 1.74. The van der Waals surface area contributed by atoms with Crippen LogP contribution in [0.15, 0.2) is 47.4 Å². The largest absolute Gasteiger partial charge is 0.416 e. The Morgan fingerprint density at radius 2 is 1.70 bits per heavy atom.